The SMILES string of the molecule is Cc1cc(OCCCc2c3n(c4c(-c5c(C)nn(C)c5C)cccc24)CCN(Cc2cccc(C#N)c2)C3=O)cc(C)c1Cl. The number of fused-ring (bicyclic) bond motifs is 3. The van der Waals surface area contributed by atoms with E-state index in [9.17, 15) is 10.1 Å². The van der Waals surface area contributed by atoms with E-state index in [1.165, 1.54) is 0 Å². The third kappa shape index (κ3) is 5.24. The molecule has 1 aliphatic rings. The number of carbonyl (C=O) groups is 1. The van der Waals surface area contributed by atoms with Gasteiger partial charge >= 0.3 is 0 Å². The van der Waals surface area contributed by atoms with Crippen LogP contribution in [0.3, 0.4) is 0 Å². The standard InChI is InChI=1S/C36H36ClN5O2/c1-22-17-28(18-23(2)33(22)37)44-16-8-13-30-29-11-7-12-31(32-24(3)39-40(5)25(32)4)34(29)42-15-14-41(36(43)35(30)42)21-27-10-6-9-26(19-27)20-38/h6-7,9-12,17-19H,8,13-16,21H2,1-5H3. The number of aryl methyl sites for hydroxylation is 5. The number of rotatable bonds is 8. The Bertz CT molecular complexity index is 1940. The van der Waals surface area contributed by atoms with Gasteiger partial charge in [-0.25, -0.2) is 0 Å². The largest absolute Gasteiger partial charge is 0.494 e. The number of para-hydroxylation sites is 1. The molecule has 0 fully saturated rings. The molecule has 1 amide bonds. The summed E-state index contributed by atoms with van der Waals surface area (Å²) in [7, 11) is 1.97. The maximum atomic E-state index is 14.3. The fourth-order valence-electron chi connectivity index (χ4n) is 6.58. The first-order valence-electron chi connectivity index (χ1n) is 15.0. The summed E-state index contributed by atoms with van der Waals surface area (Å²) in [6.45, 7) is 10.4. The van der Waals surface area contributed by atoms with Gasteiger partial charge in [0.15, 0.2) is 0 Å². The second-order valence-electron chi connectivity index (χ2n) is 11.7. The molecule has 5 aromatic rings. The van der Waals surface area contributed by atoms with Gasteiger partial charge in [0.2, 0.25) is 0 Å². The molecule has 8 heteroatoms. The summed E-state index contributed by atoms with van der Waals surface area (Å²) >= 11 is 6.36. The average molecular weight is 606 g/mol. The summed E-state index contributed by atoms with van der Waals surface area (Å²) in [5, 5.41) is 15.9. The molecule has 0 spiro atoms. The van der Waals surface area contributed by atoms with E-state index in [-0.39, 0.29) is 5.91 Å². The van der Waals surface area contributed by atoms with Gasteiger partial charge in [-0.05, 0) is 87.1 Å². The minimum absolute atomic E-state index is 0.0141. The summed E-state index contributed by atoms with van der Waals surface area (Å²) in [4.78, 5) is 16.2. The molecule has 0 N–H and O–H groups in total. The zero-order valence-electron chi connectivity index (χ0n) is 25.9. The summed E-state index contributed by atoms with van der Waals surface area (Å²) in [5.74, 6) is 0.820. The molecular formula is C36H36ClN5O2. The predicted octanol–water partition coefficient (Wildman–Crippen LogP) is 7.47. The van der Waals surface area contributed by atoms with Gasteiger partial charge in [-0.3, -0.25) is 9.48 Å². The molecule has 6 rings (SSSR count). The van der Waals surface area contributed by atoms with E-state index >= 15 is 0 Å². The minimum atomic E-state index is 0.0141. The van der Waals surface area contributed by atoms with Crippen LogP contribution in [0.1, 0.15) is 56.1 Å². The van der Waals surface area contributed by atoms with Crippen molar-refractivity contribution in [1.82, 2.24) is 19.2 Å². The molecule has 2 aromatic heterocycles. The van der Waals surface area contributed by atoms with Gasteiger partial charge < -0.3 is 14.2 Å². The highest BCUT2D eigenvalue weighted by Gasteiger charge is 2.32. The number of halogens is 1. The molecule has 224 valence electrons. The van der Waals surface area contributed by atoms with Crippen molar-refractivity contribution in [2.75, 3.05) is 13.2 Å². The van der Waals surface area contributed by atoms with Crippen LogP contribution in [-0.4, -0.2) is 38.3 Å². The molecule has 0 saturated carbocycles. The van der Waals surface area contributed by atoms with Crippen LogP contribution in [0, 0.1) is 39.0 Å². The number of amides is 1. The summed E-state index contributed by atoms with van der Waals surface area (Å²) in [6.07, 6.45) is 1.45. The molecule has 0 saturated heterocycles. The van der Waals surface area contributed by atoms with Crippen LogP contribution in [0.15, 0.2) is 54.6 Å². The Morgan fingerprint density at radius 2 is 1.77 bits per heavy atom. The Hall–Kier alpha value is -4.54. The maximum Gasteiger partial charge on any atom is 0.271 e. The maximum absolute atomic E-state index is 14.3. The number of benzene rings is 3. The van der Waals surface area contributed by atoms with Crippen molar-refractivity contribution in [3.63, 3.8) is 0 Å². The van der Waals surface area contributed by atoms with Gasteiger partial charge in [0.1, 0.15) is 11.4 Å². The van der Waals surface area contributed by atoms with E-state index in [1.807, 2.05) is 67.7 Å². The Morgan fingerprint density at radius 3 is 2.48 bits per heavy atom. The van der Waals surface area contributed by atoms with E-state index in [4.69, 9.17) is 21.4 Å². The number of carbonyl (C=O) groups excluding carboxylic acids is 1. The predicted molar refractivity (Wildman–Crippen MR) is 174 cm³/mol. The van der Waals surface area contributed by atoms with Crippen LogP contribution in [-0.2, 0) is 26.6 Å². The van der Waals surface area contributed by atoms with Crippen molar-refractivity contribution in [3.05, 3.63) is 105 Å². The Balaban J connectivity index is 1.38. The highest BCUT2D eigenvalue weighted by atomic mass is 35.5. The van der Waals surface area contributed by atoms with Crippen LogP contribution < -0.4 is 4.74 Å². The lowest BCUT2D eigenvalue weighted by molar-refractivity contribution is 0.0691. The second kappa shape index (κ2) is 11.9. The van der Waals surface area contributed by atoms with Crippen LogP contribution in [0.2, 0.25) is 5.02 Å². The third-order valence-corrected chi connectivity index (χ3v) is 9.32. The Morgan fingerprint density at radius 1 is 1.02 bits per heavy atom. The zero-order chi connectivity index (χ0) is 31.1. The number of nitriles is 1. The summed E-state index contributed by atoms with van der Waals surface area (Å²) < 4.78 is 10.3. The number of aromatic nitrogens is 3. The Labute approximate surface area is 263 Å². The van der Waals surface area contributed by atoms with Gasteiger partial charge in [-0.2, -0.15) is 10.4 Å². The molecular weight excluding hydrogens is 570 g/mol. The minimum Gasteiger partial charge on any atom is -0.494 e. The lowest BCUT2D eigenvalue weighted by Crippen LogP contribution is -2.40. The van der Waals surface area contributed by atoms with E-state index in [0.717, 1.165) is 78.6 Å². The normalized spacial score (nSPS) is 12.9. The fraction of sp³-hybridized carbons (Fsp3) is 0.306. The third-order valence-electron chi connectivity index (χ3n) is 8.73. The monoisotopic (exact) mass is 605 g/mol. The van der Waals surface area contributed by atoms with E-state index in [0.29, 0.717) is 38.2 Å². The first kappa shape index (κ1) is 29.5. The van der Waals surface area contributed by atoms with Crippen LogP contribution >= 0.6 is 11.6 Å². The quantitative estimate of drug-likeness (QED) is 0.172. The molecule has 0 bridgehead atoms. The van der Waals surface area contributed by atoms with Crippen LogP contribution in [0.25, 0.3) is 22.0 Å². The van der Waals surface area contributed by atoms with Crippen LogP contribution in [0.5, 0.6) is 5.75 Å². The molecule has 0 radical (unpaired) electrons. The topological polar surface area (TPSA) is 76.1 Å². The number of hydrogen-bond acceptors (Lipinski definition) is 4. The smallest absolute Gasteiger partial charge is 0.271 e. The van der Waals surface area contributed by atoms with Crippen molar-refractivity contribution in [2.24, 2.45) is 7.05 Å². The van der Waals surface area contributed by atoms with Crippen molar-refractivity contribution in [3.8, 4) is 22.9 Å². The van der Waals surface area contributed by atoms with E-state index in [1.54, 1.807) is 6.07 Å². The van der Waals surface area contributed by atoms with Crippen molar-refractivity contribution in [2.45, 2.75) is 53.6 Å². The molecule has 0 aliphatic carbocycles. The molecule has 3 aromatic carbocycles. The number of ether oxygens (including phenoxy) is 1. The van der Waals surface area contributed by atoms with Gasteiger partial charge in [-0.1, -0.05) is 41.9 Å². The molecule has 3 heterocycles. The molecule has 1 aliphatic heterocycles. The van der Waals surface area contributed by atoms with Crippen molar-refractivity contribution in [1.29, 1.82) is 5.26 Å². The van der Waals surface area contributed by atoms with Gasteiger partial charge in [-0.15, -0.1) is 0 Å². The summed E-state index contributed by atoms with van der Waals surface area (Å²) in [6, 6.07) is 20.0. The fourth-order valence-corrected chi connectivity index (χ4v) is 6.69. The first-order chi connectivity index (χ1) is 21.2. The second-order valence-corrected chi connectivity index (χ2v) is 12.1. The van der Waals surface area contributed by atoms with Crippen molar-refractivity contribution < 1.29 is 9.53 Å². The van der Waals surface area contributed by atoms with E-state index < -0.39 is 0 Å². The van der Waals surface area contributed by atoms with Gasteiger partial charge in [0.25, 0.3) is 5.91 Å². The lowest BCUT2D eigenvalue weighted by Gasteiger charge is -2.30. The zero-order valence-corrected chi connectivity index (χ0v) is 26.6. The highest BCUT2D eigenvalue weighted by molar-refractivity contribution is 6.32. The molecule has 44 heavy (non-hydrogen) atoms. The number of nitrogens with zero attached hydrogens (tertiary/aromatic N) is 5. The molecule has 0 atom stereocenters. The highest BCUT2D eigenvalue weighted by Crippen LogP contribution is 2.39. The summed E-state index contributed by atoms with van der Waals surface area (Å²) in [5.41, 5.74) is 10.7. The lowest BCUT2D eigenvalue weighted by atomic mass is 9.98. The molecule has 7 nitrogen and oxygen atoms in total. The molecule has 0 unspecified atom stereocenters. The van der Waals surface area contributed by atoms with Gasteiger partial charge in [0, 0.05) is 53.9 Å². The number of hydrogen-bond donors (Lipinski definition) is 0. The van der Waals surface area contributed by atoms with Crippen molar-refractivity contribution >= 4 is 28.4 Å². The first-order valence-corrected chi connectivity index (χ1v) is 15.4. The van der Waals surface area contributed by atoms with Crippen LogP contribution in [0.4, 0.5) is 0 Å². The van der Waals surface area contributed by atoms with E-state index in [2.05, 4.69) is 35.8 Å². The Kier molecular flexibility index (Phi) is 7.96. The van der Waals surface area contributed by atoms with Gasteiger partial charge in [0.05, 0.1) is 29.5 Å². The average Bonchev–Trinajstić information content (AvgIpc) is 3.47.